The minimum Gasteiger partial charge on any atom is -0.301 e. The molecule has 0 amide bonds. The molecule has 2 heteroatoms. The van der Waals surface area contributed by atoms with Crippen molar-refractivity contribution in [2.75, 3.05) is 7.05 Å². The Balaban J connectivity index is 2.78. The largest absolute Gasteiger partial charge is 0.301 e. The van der Waals surface area contributed by atoms with Crippen LogP contribution in [-0.2, 0) is 6.54 Å². The highest BCUT2D eigenvalue weighted by molar-refractivity contribution is 5.16. The molecule has 1 aromatic rings. The Morgan fingerprint density at radius 2 is 2.09 bits per heavy atom. The minimum absolute atomic E-state index is 0.164. The second-order valence-electron chi connectivity index (χ2n) is 2.61. The Bertz CT molecular complexity index is 233. The fourth-order valence-corrected chi connectivity index (χ4v) is 0.917. The lowest BCUT2D eigenvalue weighted by atomic mass is 10.2. The fourth-order valence-electron chi connectivity index (χ4n) is 0.917. The summed E-state index contributed by atoms with van der Waals surface area (Å²) in [6.07, 6.45) is 0. The molecule has 0 aliphatic heterocycles. The molecule has 0 unspecified atom stereocenters. The molecule has 0 aliphatic rings. The Morgan fingerprint density at radius 3 is 2.64 bits per heavy atom. The topological polar surface area (TPSA) is 3.24 Å². The van der Waals surface area contributed by atoms with Gasteiger partial charge in [0, 0.05) is 19.2 Å². The van der Waals surface area contributed by atoms with E-state index in [0.717, 1.165) is 0 Å². The number of rotatable bonds is 2. The molecule has 0 saturated heterocycles. The van der Waals surface area contributed by atoms with Crippen molar-refractivity contribution in [3.8, 4) is 0 Å². The number of halogens is 1. The van der Waals surface area contributed by atoms with Crippen molar-refractivity contribution < 1.29 is 4.39 Å². The molecule has 0 fully saturated rings. The SMILES string of the molecule is [CH2]N(C)Cc1ccccc1F. The Morgan fingerprint density at radius 1 is 1.45 bits per heavy atom. The summed E-state index contributed by atoms with van der Waals surface area (Å²) in [5, 5.41) is 0. The molecule has 0 bridgehead atoms. The Hall–Kier alpha value is -0.890. The van der Waals surface area contributed by atoms with Crippen LogP contribution in [0.5, 0.6) is 0 Å². The summed E-state index contributed by atoms with van der Waals surface area (Å²) in [5.74, 6) is -0.164. The van der Waals surface area contributed by atoms with Crippen LogP contribution in [0.2, 0.25) is 0 Å². The van der Waals surface area contributed by atoms with Gasteiger partial charge in [-0.25, -0.2) is 4.39 Å². The number of benzene rings is 1. The highest BCUT2D eigenvalue weighted by Crippen LogP contribution is 2.07. The molecular formula is C9H11FN. The van der Waals surface area contributed by atoms with Gasteiger partial charge in [0.2, 0.25) is 0 Å². The standard InChI is InChI=1S/C9H11FN/c1-11(2)7-8-5-3-4-6-9(8)10/h3-6H,1,7H2,2H3. The van der Waals surface area contributed by atoms with Crippen LogP contribution in [0, 0.1) is 12.9 Å². The summed E-state index contributed by atoms with van der Waals surface area (Å²) in [6, 6.07) is 6.72. The first kappa shape index (κ1) is 8.21. The first-order valence-electron chi connectivity index (χ1n) is 3.45. The van der Waals surface area contributed by atoms with Crippen LogP contribution >= 0.6 is 0 Å². The zero-order chi connectivity index (χ0) is 8.27. The molecule has 59 valence electrons. The Labute approximate surface area is 66.5 Å². The van der Waals surface area contributed by atoms with Crippen molar-refractivity contribution in [3.63, 3.8) is 0 Å². The average molecular weight is 152 g/mol. The lowest BCUT2D eigenvalue weighted by Crippen LogP contribution is -2.09. The highest BCUT2D eigenvalue weighted by Gasteiger charge is 1.99. The summed E-state index contributed by atoms with van der Waals surface area (Å²) in [4.78, 5) is 1.69. The van der Waals surface area contributed by atoms with Gasteiger partial charge in [0.1, 0.15) is 5.82 Å². The van der Waals surface area contributed by atoms with E-state index in [1.807, 2.05) is 13.1 Å². The van der Waals surface area contributed by atoms with Crippen LogP contribution in [0.4, 0.5) is 4.39 Å². The molecule has 0 aliphatic carbocycles. The van der Waals surface area contributed by atoms with E-state index in [1.54, 1.807) is 17.0 Å². The van der Waals surface area contributed by atoms with Crippen molar-refractivity contribution in [2.24, 2.45) is 0 Å². The second kappa shape index (κ2) is 3.49. The third-order valence-electron chi connectivity index (χ3n) is 1.40. The van der Waals surface area contributed by atoms with E-state index in [-0.39, 0.29) is 5.82 Å². The quantitative estimate of drug-likeness (QED) is 0.627. The molecule has 0 atom stereocenters. The van der Waals surface area contributed by atoms with Crippen molar-refractivity contribution >= 4 is 0 Å². The molecule has 0 saturated carbocycles. The molecule has 11 heavy (non-hydrogen) atoms. The van der Waals surface area contributed by atoms with Crippen LogP contribution in [0.3, 0.4) is 0 Å². The molecular weight excluding hydrogens is 141 g/mol. The van der Waals surface area contributed by atoms with Gasteiger partial charge < -0.3 is 4.90 Å². The van der Waals surface area contributed by atoms with Crippen molar-refractivity contribution in [1.29, 1.82) is 0 Å². The third-order valence-corrected chi connectivity index (χ3v) is 1.40. The third kappa shape index (κ3) is 2.31. The molecule has 0 aromatic heterocycles. The van der Waals surface area contributed by atoms with Crippen molar-refractivity contribution in [1.82, 2.24) is 4.90 Å². The first-order valence-corrected chi connectivity index (χ1v) is 3.45. The van der Waals surface area contributed by atoms with E-state index in [9.17, 15) is 4.39 Å². The normalized spacial score (nSPS) is 10.5. The van der Waals surface area contributed by atoms with Gasteiger partial charge in [-0.15, -0.1) is 0 Å². The molecule has 1 radical (unpaired) electrons. The summed E-state index contributed by atoms with van der Waals surface area (Å²) in [7, 11) is 5.45. The highest BCUT2D eigenvalue weighted by atomic mass is 19.1. The maximum Gasteiger partial charge on any atom is 0.127 e. The molecule has 1 nitrogen and oxygen atoms in total. The summed E-state index contributed by atoms with van der Waals surface area (Å²) < 4.78 is 12.9. The fraction of sp³-hybridized carbons (Fsp3) is 0.222. The van der Waals surface area contributed by atoms with Gasteiger partial charge in [-0.05, 0) is 13.1 Å². The second-order valence-corrected chi connectivity index (χ2v) is 2.61. The van der Waals surface area contributed by atoms with E-state index >= 15 is 0 Å². The predicted octanol–water partition coefficient (Wildman–Crippen LogP) is 2.05. The van der Waals surface area contributed by atoms with Crippen LogP contribution in [-0.4, -0.2) is 11.9 Å². The molecule has 1 rings (SSSR count). The van der Waals surface area contributed by atoms with Gasteiger partial charge in [0.25, 0.3) is 0 Å². The Kier molecular flexibility index (Phi) is 2.60. The monoisotopic (exact) mass is 152 g/mol. The van der Waals surface area contributed by atoms with Gasteiger partial charge in [-0.2, -0.15) is 0 Å². The molecule has 0 N–H and O–H groups in total. The number of hydrogen-bond acceptors (Lipinski definition) is 1. The van der Waals surface area contributed by atoms with Gasteiger partial charge >= 0.3 is 0 Å². The van der Waals surface area contributed by atoms with Crippen molar-refractivity contribution in [2.45, 2.75) is 6.54 Å². The van der Waals surface area contributed by atoms with Crippen LogP contribution in [0.15, 0.2) is 24.3 Å². The lowest BCUT2D eigenvalue weighted by molar-refractivity contribution is 0.431. The average Bonchev–Trinajstić information content (AvgIpc) is 1.93. The minimum atomic E-state index is -0.164. The van der Waals surface area contributed by atoms with E-state index in [2.05, 4.69) is 7.05 Å². The summed E-state index contributed by atoms with van der Waals surface area (Å²) >= 11 is 0. The first-order chi connectivity index (χ1) is 5.20. The van der Waals surface area contributed by atoms with Gasteiger partial charge in [0.15, 0.2) is 0 Å². The van der Waals surface area contributed by atoms with Crippen molar-refractivity contribution in [3.05, 3.63) is 42.7 Å². The van der Waals surface area contributed by atoms with Crippen LogP contribution < -0.4 is 0 Å². The zero-order valence-electron chi connectivity index (χ0n) is 6.55. The van der Waals surface area contributed by atoms with E-state index in [0.29, 0.717) is 12.1 Å². The number of nitrogens with zero attached hydrogens (tertiary/aromatic N) is 1. The van der Waals surface area contributed by atoms with Crippen LogP contribution in [0.25, 0.3) is 0 Å². The molecule has 0 spiro atoms. The van der Waals surface area contributed by atoms with Gasteiger partial charge in [-0.3, -0.25) is 0 Å². The van der Waals surface area contributed by atoms with E-state index in [4.69, 9.17) is 0 Å². The maximum absolute atomic E-state index is 12.9. The van der Waals surface area contributed by atoms with Gasteiger partial charge in [-0.1, -0.05) is 18.2 Å². The zero-order valence-corrected chi connectivity index (χ0v) is 6.55. The summed E-state index contributed by atoms with van der Waals surface area (Å²) in [5.41, 5.74) is 0.685. The van der Waals surface area contributed by atoms with Gasteiger partial charge in [0.05, 0.1) is 0 Å². The maximum atomic E-state index is 12.9. The van der Waals surface area contributed by atoms with E-state index in [1.165, 1.54) is 6.07 Å². The summed E-state index contributed by atoms with van der Waals surface area (Å²) in [6.45, 7) is 0.548. The number of hydrogen-bond donors (Lipinski definition) is 0. The molecule has 1 aromatic carbocycles. The smallest absolute Gasteiger partial charge is 0.127 e. The molecule has 0 heterocycles. The lowest BCUT2D eigenvalue weighted by Gasteiger charge is -2.09. The van der Waals surface area contributed by atoms with Crippen LogP contribution in [0.1, 0.15) is 5.56 Å². The van der Waals surface area contributed by atoms with E-state index < -0.39 is 0 Å². The predicted molar refractivity (Wildman–Crippen MR) is 43.2 cm³/mol.